The molecule has 0 amide bonds. The van der Waals surface area contributed by atoms with Crippen LogP contribution < -0.4 is 0 Å². The average molecular weight is 329 g/mol. The first-order valence-electron chi connectivity index (χ1n) is 8.14. The second-order valence-corrected chi connectivity index (χ2v) is 5.93. The van der Waals surface area contributed by atoms with E-state index in [1.54, 1.807) is 6.20 Å². The summed E-state index contributed by atoms with van der Waals surface area (Å²) < 4.78 is 19.0. The van der Waals surface area contributed by atoms with E-state index in [0.717, 1.165) is 36.4 Å². The third-order valence-electron chi connectivity index (χ3n) is 4.35. The van der Waals surface area contributed by atoms with Crippen LogP contribution in [0.25, 0.3) is 11.5 Å². The molecule has 1 fully saturated rings. The first-order valence-corrected chi connectivity index (χ1v) is 8.14. The van der Waals surface area contributed by atoms with Gasteiger partial charge in [0.25, 0.3) is 5.89 Å². The summed E-state index contributed by atoms with van der Waals surface area (Å²) in [4.78, 5) is 0. The Labute approximate surface area is 138 Å². The second kappa shape index (κ2) is 6.20. The van der Waals surface area contributed by atoms with E-state index in [-0.39, 0.29) is 12.0 Å². The third kappa shape index (κ3) is 2.62. The second-order valence-electron chi connectivity index (χ2n) is 5.93. The van der Waals surface area contributed by atoms with Crippen LogP contribution in [-0.2, 0) is 17.7 Å². The fraction of sp³-hybridized carbons (Fsp3) is 0.500. The number of hydrogen-bond acceptors (Lipinski definition) is 7. The number of aromatic nitrogens is 5. The Balaban J connectivity index is 1.58. The standard InChI is InChI=1S/C16H19N5O3/c1-3-12-13(10(2)20-24-12)15-18-19-16(23-15)14-11(5-8-22-14)9-21-7-4-6-17-21/h4,6-7,11,14H,3,5,8-9H2,1-2H3/t11-,14-/m0/s1. The summed E-state index contributed by atoms with van der Waals surface area (Å²) in [6.45, 7) is 5.32. The van der Waals surface area contributed by atoms with Gasteiger partial charge in [-0.3, -0.25) is 4.68 Å². The number of nitrogens with zero attached hydrogens (tertiary/aromatic N) is 5. The lowest BCUT2D eigenvalue weighted by Gasteiger charge is -2.14. The van der Waals surface area contributed by atoms with Crippen LogP contribution in [0, 0.1) is 12.8 Å². The van der Waals surface area contributed by atoms with Gasteiger partial charge in [-0.25, -0.2) is 0 Å². The van der Waals surface area contributed by atoms with Crippen molar-refractivity contribution in [1.29, 1.82) is 0 Å². The molecule has 0 radical (unpaired) electrons. The van der Waals surface area contributed by atoms with Gasteiger partial charge in [-0.2, -0.15) is 5.10 Å². The van der Waals surface area contributed by atoms with Gasteiger partial charge in [-0.05, 0) is 19.4 Å². The molecule has 0 aliphatic carbocycles. The molecule has 8 heteroatoms. The predicted octanol–water partition coefficient (Wildman–Crippen LogP) is 2.57. The van der Waals surface area contributed by atoms with Crippen LogP contribution in [-0.4, -0.2) is 31.7 Å². The molecule has 0 aromatic carbocycles. The first-order chi connectivity index (χ1) is 11.8. The Kier molecular flexibility index (Phi) is 3.89. The lowest BCUT2D eigenvalue weighted by molar-refractivity contribution is 0.0633. The molecule has 0 saturated carbocycles. The van der Waals surface area contributed by atoms with Crippen molar-refractivity contribution in [1.82, 2.24) is 25.1 Å². The molecule has 2 atom stereocenters. The highest BCUT2D eigenvalue weighted by Gasteiger charge is 2.35. The van der Waals surface area contributed by atoms with Crippen molar-refractivity contribution in [3.63, 3.8) is 0 Å². The largest absolute Gasteiger partial charge is 0.418 e. The predicted molar refractivity (Wildman–Crippen MR) is 82.9 cm³/mol. The highest BCUT2D eigenvalue weighted by Crippen LogP contribution is 2.36. The molecule has 1 aliphatic rings. The normalized spacial score (nSPS) is 20.8. The van der Waals surface area contributed by atoms with Crippen LogP contribution in [0.1, 0.15) is 36.8 Å². The summed E-state index contributed by atoms with van der Waals surface area (Å²) in [5.74, 6) is 1.95. The van der Waals surface area contributed by atoms with Crippen LogP contribution in [0.3, 0.4) is 0 Å². The Hall–Kier alpha value is -2.48. The summed E-state index contributed by atoms with van der Waals surface area (Å²) in [5.41, 5.74) is 1.54. The van der Waals surface area contributed by atoms with E-state index in [2.05, 4.69) is 20.5 Å². The van der Waals surface area contributed by atoms with Gasteiger partial charge in [-0.15, -0.1) is 10.2 Å². The minimum absolute atomic E-state index is 0.208. The Morgan fingerprint density at radius 3 is 3.04 bits per heavy atom. The van der Waals surface area contributed by atoms with E-state index in [1.807, 2.05) is 30.8 Å². The smallest absolute Gasteiger partial charge is 0.253 e. The summed E-state index contributed by atoms with van der Waals surface area (Å²) in [7, 11) is 0. The molecule has 1 aliphatic heterocycles. The van der Waals surface area contributed by atoms with Gasteiger partial charge in [0.1, 0.15) is 17.4 Å². The fourth-order valence-electron chi connectivity index (χ4n) is 3.13. The van der Waals surface area contributed by atoms with E-state index in [4.69, 9.17) is 13.7 Å². The molecular formula is C16H19N5O3. The quantitative estimate of drug-likeness (QED) is 0.710. The molecule has 24 heavy (non-hydrogen) atoms. The van der Waals surface area contributed by atoms with Gasteiger partial charge >= 0.3 is 0 Å². The van der Waals surface area contributed by atoms with Crippen LogP contribution >= 0.6 is 0 Å². The van der Waals surface area contributed by atoms with Crippen molar-refractivity contribution in [2.24, 2.45) is 5.92 Å². The highest BCUT2D eigenvalue weighted by molar-refractivity contribution is 5.58. The molecule has 3 aromatic rings. The van der Waals surface area contributed by atoms with E-state index in [1.165, 1.54) is 0 Å². The number of rotatable bonds is 5. The summed E-state index contributed by atoms with van der Waals surface area (Å²) in [6.07, 6.45) is 5.17. The highest BCUT2D eigenvalue weighted by atomic mass is 16.5. The Bertz CT molecular complexity index is 808. The van der Waals surface area contributed by atoms with Crippen molar-refractivity contribution in [2.45, 2.75) is 39.3 Å². The van der Waals surface area contributed by atoms with Gasteiger partial charge in [0, 0.05) is 37.9 Å². The topological polar surface area (TPSA) is 92.0 Å². The van der Waals surface area contributed by atoms with Gasteiger partial charge in [0.05, 0.1) is 5.69 Å². The van der Waals surface area contributed by atoms with Gasteiger partial charge in [0.15, 0.2) is 0 Å². The minimum atomic E-state index is -0.208. The molecular weight excluding hydrogens is 310 g/mol. The van der Waals surface area contributed by atoms with Crippen LogP contribution in [0.2, 0.25) is 0 Å². The molecule has 0 bridgehead atoms. The van der Waals surface area contributed by atoms with E-state index in [0.29, 0.717) is 18.4 Å². The Morgan fingerprint density at radius 1 is 1.33 bits per heavy atom. The summed E-state index contributed by atoms with van der Waals surface area (Å²) in [6, 6.07) is 1.91. The zero-order valence-electron chi connectivity index (χ0n) is 13.7. The minimum Gasteiger partial charge on any atom is -0.418 e. The Morgan fingerprint density at radius 2 is 2.25 bits per heavy atom. The fourth-order valence-corrected chi connectivity index (χ4v) is 3.13. The van der Waals surface area contributed by atoms with E-state index in [9.17, 15) is 0 Å². The SMILES string of the molecule is CCc1onc(C)c1-c1nnc([C@H]2OCC[C@H]2Cn2cccn2)o1. The molecule has 8 nitrogen and oxygen atoms in total. The number of aryl methyl sites for hydroxylation is 2. The maximum Gasteiger partial charge on any atom is 0.253 e. The molecule has 0 N–H and O–H groups in total. The van der Waals surface area contributed by atoms with Crippen LogP contribution in [0.15, 0.2) is 27.4 Å². The third-order valence-corrected chi connectivity index (χ3v) is 4.35. The van der Waals surface area contributed by atoms with Crippen molar-refractivity contribution < 1.29 is 13.7 Å². The molecule has 4 heterocycles. The average Bonchev–Trinajstić information content (AvgIpc) is 3.33. The van der Waals surface area contributed by atoms with Gasteiger partial charge in [0.2, 0.25) is 5.89 Å². The summed E-state index contributed by atoms with van der Waals surface area (Å²) in [5, 5.41) is 16.6. The number of hydrogen-bond donors (Lipinski definition) is 0. The van der Waals surface area contributed by atoms with E-state index >= 15 is 0 Å². The van der Waals surface area contributed by atoms with Gasteiger partial charge < -0.3 is 13.7 Å². The monoisotopic (exact) mass is 329 g/mol. The lowest BCUT2D eigenvalue weighted by atomic mass is 10.0. The molecule has 4 rings (SSSR count). The van der Waals surface area contributed by atoms with Crippen molar-refractivity contribution in [3.05, 3.63) is 35.8 Å². The van der Waals surface area contributed by atoms with E-state index < -0.39 is 0 Å². The van der Waals surface area contributed by atoms with Crippen molar-refractivity contribution in [3.8, 4) is 11.5 Å². The van der Waals surface area contributed by atoms with Crippen LogP contribution in [0.4, 0.5) is 0 Å². The van der Waals surface area contributed by atoms with Crippen molar-refractivity contribution in [2.75, 3.05) is 6.61 Å². The molecule has 3 aromatic heterocycles. The number of ether oxygens (including phenoxy) is 1. The zero-order valence-corrected chi connectivity index (χ0v) is 13.7. The zero-order chi connectivity index (χ0) is 16.5. The lowest BCUT2D eigenvalue weighted by Crippen LogP contribution is -2.15. The van der Waals surface area contributed by atoms with Gasteiger partial charge in [-0.1, -0.05) is 12.1 Å². The maximum atomic E-state index is 5.91. The first kappa shape index (κ1) is 15.1. The summed E-state index contributed by atoms with van der Waals surface area (Å²) >= 11 is 0. The maximum absolute atomic E-state index is 5.91. The molecule has 126 valence electrons. The molecule has 1 saturated heterocycles. The molecule has 0 spiro atoms. The van der Waals surface area contributed by atoms with Crippen LogP contribution in [0.5, 0.6) is 0 Å². The van der Waals surface area contributed by atoms with Crippen molar-refractivity contribution >= 4 is 0 Å². The molecule has 0 unspecified atom stereocenters.